The van der Waals surface area contributed by atoms with Crippen LogP contribution in [0.25, 0.3) is 11.4 Å². The molecule has 0 aliphatic carbocycles. The number of H-pyrrole nitrogens is 1. The molecule has 4 N–H and O–H groups in total. The van der Waals surface area contributed by atoms with Crippen LogP contribution in [-0.4, -0.2) is 50.2 Å². The zero-order valence-corrected chi connectivity index (χ0v) is 19.5. The van der Waals surface area contributed by atoms with E-state index in [1.165, 1.54) is 6.20 Å². The Labute approximate surface area is 196 Å². The molecule has 4 aromatic rings. The molecule has 3 aromatic heterocycles. The average molecular weight is 460 g/mol. The number of amides is 1. The lowest BCUT2D eigenvalue weighted by molar-refractivity contribution is 0.0963. The Kier molecular flexibility index (Phi) is 6.35. The minimum Gasteiger partial charge on any atom is -0.494 e. The van der Waals surface area contributed by atoms with Gasteiger partial charge in [0.2, 0.25) is 0 Å². The number of hydrogen-bond acceptors (Lipinski definition) is 9. The predicted molar refractivity (Wildman–Crippen MR) is 129 cm³/mol. The number of nitrogens with one attached hydrogen (secondary N) is 4. The van der Waals surface area contributed by atoms with Crippen molar-refractivity contribution in [3.63, 3.8) is 0 Å². The van der Waals surface area contributed by atoms with Gasteiger partial charge in [-0.1, -0.05) is 6.07 Å². The SMILES string of the molecule is CNC(=O)c1cnc(Nc2cc(C)nc(C)n2)cc1Nc1cccc(-c2n[nH]c(C)n2)c1OC. The summed E-state index contributed by atoms with van der Waals surface area (Å²) in [4.78, 5) is 30.0. The normalized spacial score (nSPS) is 10.6. The van der Waals surface area contributed by atoms with E-state index in [1.807, 2.05) is 45.0 Å². The number of carbonyl (C=O) groups excluding carboxylic acids is 1. The van der Waals surface area contributed by atoms with Gasteiger partial charge in [-0.2, -0.15) is 5.10 Å². The predicted octanol–water partition coefficient (Wildman–Crippen LogP) is 3.44. The van der Waals surface area contributed by atoms with Gasteiger partial charge in [0, 0.05) is 31.1 Å². The number of ether oxygens (including phenoxy) is 1. The average Bonchev–Trinajstić information content (AvgIpc) is 3.24. The minimum atomic E-state index is -0.282. The highest BCUT2D eigenvalue weighted by molar-refractivity contribution is 6.00. The summed E-state index contributed by atoms with van der Waals surface area (Å²) in [6.45, 7) is 5.54. The van der Waals surface area contributed by atoms with Crippen molar-refractivity contribution in [2.45, 2.75) is 20.8 Å². The molecule has 0 radical (unpaired) electrons. The smallest absolute Gasteiger partial charge is 0.254 e. The van der Waals surface area contributed by atoms with Gasteiger partial charge in [-0.25, -0.2) is 19.9 Å². The molecule has 0 saturated carbocycles. The molecule has 0 spiro atoms. The Morgan fingerprint density at radius 2 is 1.82 bits per heavy atom. The molecule has 174 valence electrons. The number of rotatable bonds is 7. The first kappa shape index (κ1) is 22.6. The summed E-state index contributed by atoms with van der Waals surface area (Å²) in [5.41, 5.74) is 3.07. The van der Waals surface area contributed by atoms with E-state index in [1.54, 1.807) is 20.2 Å². The standard InChI is InChI=1S/C23H25N9O2/c1-12-9-20(27-13(2)26-12)30-19-10-18(16(11-25-19)23(33)24-4)29-17-8-6-7-15(21(17)34-5)22-28-14(3)31-32-22/h6-11H,1-5H3,(H,24,33)(H,28,31,32)(H2,25,26,27,29,30). The maximum absolute atomic E-state index is 12.5. The maximum atomic E-state index is 12.5. The van der Waals surface area contributed by atoms with Crippen LogP contribution in [-0.2, 0) is 0 Å². The Balaban J connectivity index is 1.74. The molecule has 0 aliphatic rings. The monoisotopic (exact) mass is 459 g/mol. The van der Waals surface area contributed by atoms with Gasteiger partial charge < -0.3 is 20.7 Å². The van der Waals surface area contributed by atoms with E-state index < -0.39 is 0 Å². The third kappa shape index (κ3) is 4.77. The molecule has 0 aliphatic heterocycles. The number of nitrogens with zero attached hydrogens (tertiary/aromatic N) is 5. The number of hydrogen-bond donors (Lipinski definition) is 4. The van der Waals surface area contributed by atoms with Crippen molar-refractivity contribution in [3.05, 3.63) is 59.4 Å². The lowest BCUT2D eigenvalue weighted by Gasteiger charge is -2.17. The number of carbonyl (C=O) groups is 1. The van der Waals surface area contributed by atoms with Gasteiger partial charge >= 0.3 is 0 Å². The molecule has 0 atom stereocenters. The molecular formula is C23H25N9O2. The Morgan fingerprint density at radius 1 is 1.00 bits per heavy atom. The fourth-order valence-electron chi connectivity index (χ4n) is 3.49. The highest BCUT2D eigenvalue weighted by atomic mass is 16.5. The molecule has 34 heavy (non-hydrogen) atoms. The largest absolute Gasteiger partial charge is 0.494 e. The second-order valence-electron chi connectivity index (χ2n) is 7.52. The van der Waals surface area contributed by atoms with E-state index in [-0.39, 0.29) is 5.91 Å². The number of anilines is 4. The summed E-state index contributed by atoms with van der Waals surface area (Å²) in [7, 11) is 3.14. The highest BCUT2D eigenvalue weighted by Crippen LogP contribution is 2.37. The van der Waals surface area contributed by atoms with Crippen molar-refractivity contribution in [3.8, 4) is 17.1 Å². The minimum absolute atomic E-state index is 0.282. The molecule has 11 nitrogen and oxygen atoms in total. The fraction of sp³-hybridized carbons (Fsp3) is 0.217. The lowest BCUT2D eigenvalue weighted by Crippen LogP contribution is -2.19. The van der Waals surface area contributed by atoms with Gasteiger partial charge in [0.1, 0.15) is 23.3 Å². The maximum Gasteiger partial charge on any atom is 0.254 e. The molecule has 3 heterocycles. The highest BCUT2D eigenvalue weighted by Gasteiger charge is 2.18. The van der Waals surface area contributed by atoms with Crippen molar-refractivity contribution in [2.75, 3.05) is 24.8 Å². The first-order chi connectivity index (χ1) is 16.4. The van der Waals surface area contributed by atoms with Crippen molar-refractivity contribution in [1.29, 1.82) is 0 Å². The van der Waals surface area contributed by atoms with E-state index in [2.05, 4.69) is 46.1 Å². The zero-order chi connectivity index (χ0) is 24.2. The topological polar surface area (TPSA) is 143 Å². The number of aromatic amines is 1. The van der Waals surface area contributed by atoms with Gasteiger partial charge in [-0.3, -0.25) is 9.89 Å². The van der Waals surface area contributed by atoms with E-state index in [0.29, 0.717) is 57.4 Å². The van der Waals surface area contributed by atoms with Gasteiger partial charge in [0.25, 0.3) is 5.91 Å². The Morgan fingerprint density at radius 3 is 2.50 bits per heavy atom. The lowest BCUT2D eigenvalue weighted by atomic mass is 10.1. The summed E-state index contributed by atoms with van der Waals surface area (Å²) in [6, 6.07) is 9.13. The molecule has 0 unspecified atom stereocenters. The summed E-state index contributed by atoms with van der Waals surface area (Å²) in [5, 5.41) is 16.2. The van der Waals surface area contributed by atoms with Crippen LogP contribution in [0.15, 0.2) is 36.5 Å². The van der Waals surface area contributed by atoms with Crippen LogP contribution in [0.4, 0.5) is 23.0 Å². The van der Waals surface area contributed by atoms with Gasteiger partial charge in [-0.15, -0.1) is 0 Å². The quantitative estimate of drug-likeness (QED) is 0.327. The Bertz CT molecular complexity index is 1330. The third-order valence-electron chi connectivity index (χ3n) is 4.92. The van der Waals surface area contributed by atoms with Crippen LogP contribution in [0.5, 0.6) is 5.75 Å². The van der Waals surface area contributed by atoms with Gasteiger partial charge in [0.05, 0.1) is 29.6 Å². The first-order valence-electron chi connectivity index (χ1n) is 10.5. The first-order valence-corrected chi connectivity index (χ1v) is 10.5. The number of benzene rings is 1. The number of aryl methyl sites for hydroxylation is 3. The summed E-state index contributed by atoms with van der Waals surface area (Å²) >= 11 is 0. The fourth-order valence-corrected chi connectivity index (χ4v) is 3.49. The van der Waals surface area contributed by atoms with Crippen molar-refractivity contribution < 1.29 is 9.53 Å². The van der Waals surface area contributed by atoms with E-state index in [0.717, 1.165) is 5.69 Å². The third-order valence-corrected chi connectivity index (χ3v) is 4.92. The van der Waals surface area contributed by atoms with Crippen LogP contribution in [0.3, 0.4) is 0 Å². The van der Waals surface area contributed by atoms with E-state index >= 15 is 0 Å². The molecule has 0 bridgehead atoms. The molecule has 11 heteroatoms. The van der Waals surface area contributed by atoms with E-state index in [4.69, 9.17) is 4.74 Å². The Hall–Kier alpha value is -4.54. The van der Waals surface area contributed by atoms with Crippen LogP contribution >= 0.6 is 0 Å². The zero-order valence-electron chi connectivity index (χ0n) is 19.5. The van der Waals surface area contributed by atoms with Crippen LogP contribution in [0, 0.1) is 20.8 Å². The molecule has 0 fully saturated rings. The van der Waals surface area contributed by atoms with Crippen molar-refractivity contribution in [2.24, 2.45) is 0 Å². The van der Waals surface area contributed by atoms with Crippen LogP contribution in [0.1, 0.15) is 27.7 Å². The summed E-state index contributed by atoms with van der Waals surface area (Å²) < 4.78 is 5.69. The number of para-hydroxylation sites is 1. The van der Waals surface area contributed by atoms with Crippen LogP contribution < -0.4 is 20.7 Å². The van der Waals surface area contributed by atoms with E-state index in [9.17, 15) is 4.79 Å². The van der Waals surface area contributed by atoms with Gasteiger partial charge in [-0.05, 0) is 32.9 Å². The van der Waals surface area contributed by atoms with Gasteiger partial charge in [0.15, 0.2) is 11.6 Å². The van der Waals surface area contributed by atoms with Crippen LogP contribution in [0.2, 0.25) is 0 Å². The summed E-state index contributed by atoms with van der Waals surface area (Å²) in [6.07, 6.45) is 1.50. The molecule has 0 saturated heterocycles. The molecule has 4 rings (SSSR count). The van der Waals surface area contributed by atoms with Crippen molar-refractivity contribution >= 4 is 28.9 Å². The van der Waals surface area contributed by atoms with Crippen molar-refractivity contribution in [1.82, 2.24) is 35.5 Å². The number of pyridine rings is 1. The second-order valence-corrected chi connectivity index (χ2v) is 7.52. The molecular weight excluding hydrogens is 434 g/mol. The number of aromatic nitrogens is 6. The number of methoxy groups -OCH3 is 1. The molecule has 1 aromatic carbocycles. The second kappa shape index (κ2) is 9.53. The summed E-state index contributed by atoms with van der Waals surface area (Å²) in [5.74, 6) is 3.22. The molecule has 1 amide bonds.